The number of hydrogen-bond acceptors (Lipinski definition) is 3. The molecule has 0 aliphatic carbocycles. The predicted octanol–water partition coefficient (Wildman–Crippen LogP) is 2.81. The van der Waals surface area contributed by atoms with Gasteiger partial charge in [-0.3, -0.25) is 9.59 Å². The molecule has 2 rings (SSSR count). The molecule has 0 saturated heterocycles. The molecule has 0 fully saturated rings. The number of benzene rings is 2. The molecule has 5 nitrogen and oxygen atoms in total. The van der Waals surface area contributed by atoms with Crippen LogP contribution in [-0.4, -0.2) is 18.4 Å². The minimum atomic E-state index is -0.515. The molecule has 0 atom stereocenters. The first-order valence-corrected chi connectivity index (χ1v) is 7.60. The topological polar surface area (TPSA) is 89.4 Å². The van der Waals surface area contributed by atoms with Gasteiger partial charge in [0.15, 0.2) is 0 Å². The number of anilines is 2. The van der Waals surface area contributed by atoms with Gasteiger partial charge in [0.2, 0.25) is 5.91 Å². The second kappa shape index (κ2) is 7.45. The number of hydrogen-bond donors (Lipinski definition) is 2. The first-order chi connectivity index (χ1) is 11.0. The van der Waals surface area contributed by atoms with Gasteiger partial charge in [-0.25, -0.2) is 0 Å². The number of primary amides is 1. The molecule has 0 radical (unpaired) electrons. The van der Waals surface area contributed by atoms with Crippen molar-refractivity contribution < 1.29 is 9.59 Å². The molecule has 2 aromatic rings. The van der Waals surface area contributed by atoms with Crippen molar-refractivity contribution in [2.75, 3.05) is 17.2 Å². The van der Waals surface area contributed by atoms with Crippen LogP contribution in [0.5, 0.6) is 0 Å². The largest absolute Gasteiger partial charge is 0.397 e. The van der Waals surface area contributed by atoms with Crippen molar-refractivity contribution in [3.8, 4) is 0 Å². The molecule has 120 valence electrons. The van der Waals surface area contributed by atoms with Gasteiger partial charge in [0.25, 0.3) is 5.91 Å². The lowest BCUT2D eigenvalue weighted by Gasteiger charge is -2.24. The molecule has 0 spiro atoms. The molecule has 0 aliphatic heterocycles. The van der Waals surface area contributed by atoms with Crippen molar-refractivity contribution in [3.05, 3.63) is 59.7 Å². The Bertz CT molecular complexity index is 696. The van der Waals surface area contributed by atoms with Gasteiger partial charge < -0.3 is 16.4 Å². The van der Waals surface area contributed by atoms with E-state index in [0.29, 0.717) is 29.0 Å². The van der Waals surface area contributed by atoms with Crippen molar-refractivity contribution in [1.29, 1.82) is 0 Å². The summed E-state index contributed by atoms with van der Waals surface area (Å²) in [5, 5.41) is 0. The van der Waals surface area contributed by atoms with Gasteiger partial charge in [-0.2, -0.15) is 0 Å². The van der Waals surface area contributed by atoms with Crippen molar-refractivity contribution in [2.24, 2.45) is 5.73 Å². The van der Waals surface area contributed by atoms with E-state index in [1.165, 1.54) is 0 Å². The van der Waals surface area contributed by atoms with Gasteiger partial charge in [-0.05, 0) is 42.8 Å². The number of nitrogens with zero attached hydrogens (tertiary/aromatic N) is 1. The van der Waals surface area contributed by atoms with Crippen LogP contribution in [0.15, 0.2) is 48.5 Å². The number of carbonyl (C=O) groups is 2. The molecule has 0 aliphatic rings. The Morgan fingerprint density at radius 1 is 1.00 bits per heavy atom. The summed E-state index contributed by atoms with van der Waals surface area (Å²) in [6.45, 7) is 2.65. The molecule has 0 bridgehead atoms. The maximum atomic E-state index is 12.8. The Morgan fingerprint density at radius 2 is 1.61 bits per heavy atom. The lowest BCUT2D eigenvalue weighted by Crippen LogP contribution is -2.32. The zero-order valence-corrected chi connectivity index (χ0v) is 13.2. The lowest BCUT2D eigenvalue weighted by atomic mass is 10.1. The SMILES string of the molecule is CCCCN(C(=O)c1ccc(C(N)=O)cc1)c1ccccc1N. The number of para-hydroxylation sites is 2. The molecule has 2 amide bonds. The van der Waals surface area contributed by atoms with Crippen LogP contribution in [-0.2, 0) is 0 Å². The molecule has 23 heavy (non-hydrogen) atoms. The van der Waals surface area contributed by atoms with E-state index in [9.17, 15) is 9.59 Å². The molecule has 0 unspecified atom stereocenters. The van der Waals surface area contributed by atoms with E-state index in [1.54, 1.807) is 35.2 Å². The van der Waals surface area contributed by atoms with Crippen LogP contribution < -0.4 is 16.4 Å². The van der Waals surface area contributed by atoms with E-state index in [1.807, 2.05) is 18.2 Å². The molecular formula is C18H21N3O2. The summed E-state index contributed by atoms with van der Waals surface area (Å²) in [6, 6.07) is 13.6. The molecular weight excluding hydrogens is 290 g/mol. The molecule has 5 heteroatoms. The Balaban J connectivity index is 2.33. The second-order valence-corrected chi connectivity index (χ2v) is 5.31. The van der Waals surface area contributed by atoms with Crippen LogP contribution >= 0.6 is 0 Å². The number of rotatable bonds is 6. The van der Waals surface area contributed by atoms with Gasteiger partial charge in [0.05, 0.1) is 11.4 Å². The van der Waals surface area contributed by atoms with Gasteiger partial charge in [-0.15, -0.1) is 0 Å². The summed E-state index contributed by atoms with van der Waals surface area (Å²) in [6.07, 6.45) is 1.84. The quantitative estimate of drug-likeness (QED) is 0.804. The van der Waals surface area contributed by atoms with Crippen LogP contribution in [0.4, 0.5) is 11.4 Å². The summed E-state index contributed by atoms with van der Waals surface area (Å²) in [5.74, 6) is -0.661. The van der Waals surface area contributed by atoms with Gasteiger partial charge in [0.1, 0.15) is 0 Å². The smallest absolute Gasteiger partial charge is 0.258 e. The van der Waals surface area contributed by atoms with Gasteiger partial charge in [0, 0.05) is 17.7 Å². The van der Waals surface area contributed by atoms with Crippen LogP contribution in [0.2, 0.25) is 0 Å². The average Bonchev–Trinajstić information content (AvgIpc) is 2.56. The van der Waals surface area contributed by atoms with Crippen molar-refractivity contribution in [2.45, 2.75) is 19.8 Å². The van der Waals surface area contributed by atoms with Crippen LogP contribution in [0.1, 0.15) is 40.5 Å². The first-order valence-electron chi connectivity index (χ1n) is 7.60. The van der Waals surface area contributed by atoms with Crippen LogP contribution in [0, 0.1) is 0 Å². The van der Waals surface area contributed by atoms with Crippen LogP contribution in [0.25, 0.3) is 0 Å². The normalized spacial score (nSPS) is 10.3. The summed E-state index contributed by atoms with van der Waals surface area (Å²) in [4.78, 5) is 25.7. The Kier molecular flexibility index (Phi) is 5.36. The Labute approximate surface area is 135 Å². The van der Waals surface area contributed by atoms with E-state index >= 15 is 0 Å². The highest BCUT2D eigenvalue weighted by Gasteiger charge is 2.19. The maximum Gasteiger partial charge on any atom is 0.258 e. The maximum absolute atomic E-state index is 12.8. The van der Waals surface area contributed by atoms with E-state index in [-0.39, 0.29) is 5.91 Å². The van der Waals surface area contributed by atoms with Gasteiger partial charge in [-0.1, -0.05) is 25.5 Å². The highest BCUT2D eigenvalue weighted by atomic mass is 16.2. The minimum Gasteiger partial charge on any atom is -0.397 e. The number of carbonyl (C=O) groups excluding carboxylic acids is 2. The third kappa shape index (κ3) is 3.88. The monoisotopic (exact) mass is 311 g/mol. The number of nitrogens with two attached hydrogens (primary N) is 2. The Hall–Kier alpha value is -2.82. The van der Waals surface area contributed by atoms with E-state index < -0.39 is 5.91 Å². The van der Waals surface area contributed by atoms with E-state index in [2.05, 4.69) is 6.92 Å². The van der Waals surface area contributed by atoms with Crippen LogP contribution in [0.3, 0.4) is 0 Å². The Morgan fingerprint density at radius 3 is 2.17 bits per heavy atom. The third-order valence-electron chi connectivity index (χ3n) is 3.62. The zero-order chi connectivity index (χ0) is 16.8. The predicted molar refractivity (Wildman–Crippen MR) is 92.4 cm³/mol. The fourth-order valence-electron chi connectivity index (χ4n) is 2.31. The molecule has 2 aromatic carbocycles. The molecule has 0 heterocycles. The summed E-state index contributed by atoms with van der Waals surface area (Å²) in [7, 11) is 0. The second-order valence-electron chi connectivity index (χ2n) is 5.31. The fourth-order valence-corrected chi connectivity index (χ4v) is 2.31. The molecule has 0 saturated carbocycles. The highest BCUT2D eigenvalue weighted by molar-refractivity contribution is 6.08. The van der Waals surface area contributed by atoms with Crippen molar-refractivity contribution in [1.82, 2.24) is 0 Å². The third-order valence-corrected chi connectivity index (χ3v) is 3.62. The minimum absolute atomic E-state index is 0.146. The molecule has 0 aromatic heterocycles. The summed E-state index contributed by atoms with van der Waals surface area (Å²) < 4.78 is 0. The molecule has 4 N–H and O–H groups in total. The van der Waals surface area contributed by atoms with Crippen molar-refractivity contribution in [3.63, 3.8) is 0 Å². The number of amides is 2. The summed E-state index contributed by atoms with van der Waals surface area (Å²) >= 11 is 0. The average molecular weight is 311 g/mol. The highest BCUT2D eigenvalue weighted by Crippen LogP contribution is 2.25. The number of unbranched alkanes of at least 4 members (excludes halogenated alkanes) is 1. The first kappa shape index (κ1) is 16.5. The van der Waals surface area contributed by atoms with E-state index in [0.717, 1.165) is 12.8 Å². The van der Waals surface area contributed by atoms with Crippen molar-refractivity contribution >= 4 is 23.2 Å². The summed E-state index contributed by atoms with van der Waals surface area (Å²) in [5.41, 5.74) is 13.4. The number of nitrogen functional groups attached to an aromatic ring is 1. The van der Waals surface area contributed by atoms with E-state index in [4.69, 9.17) is 11.5 Å². The fraction of sp³-hybridized carbons (Fsp3) is 0.222. The standard InChI is InChI=1S/C18H21N3O2/c1-2-3-12-21(16-7-5-4-6-15(16)19)18(23)14-10-8-13(9-11-14)17(20)22/h4-11H,2-3,12,19H2,1H3,(H2,20,22). The van der Waals surface area contributed by atoms with Gasteiger partial charge >= 0.3 is 0 Å². The zero-order valence-electron chi connectivity index (χ0n) is 13.2. The lowest BCUT2D eigenvalue weighted by molar-refractivity contribution is 0.0980.